The van der Waals surface area contributed by atoms with Gasteiger partial charge in [0.05, 0.1) is 20.8 Å². The summed E-state index contributed by atoms with van der Waals surface area (Å²) < 4.78 is 39.2. The molecule has 0 aliphatic heterocycles. The SMILES string of the molecule is C=C(c1cc(CCl)ccc1-c1cc(OC)ccc1F)C(C)(C)C.C=C(c1cc(CO)ccc1-c1cc(OC)ccc1F)C(C)(C)C. The van der Waals surface area contributed by atoms with Gasteiger partial charge in [-0.05, 0) is 104 Å². The molecule has 0 unspecified atom stereocenters. The number of hydrogen-bond donors (Lipinski definition) is 1. The fourth-order valence-corrected chi connectivity index (χ4v) is 4.98. The Morgan fingerprint density at radius 2 is 1.02 bits per heavy atom. The van der Waals surface area contributed by atoms with Gasteiger partial charge in [-0.2, -0.15) is 0 Å². The Labute approximate surface area is 278 Å². The van der Waals surface area contributed by atoms with Crippen LogP contribution in [0.4, 0.5) is 8.78 Å². The van der Waals surface area contributed by atoms with Gasteiger partial charge in [-0.25, -0.2) is 8.78 Å². The second-order valence-electron chi connectivity index (χ2n) is 13.2. The van der Waals surface area contributed by atoms with E-state index >= 15 is 0 Å². The van der Waals surface area contributed by atoms with Crippen LogP contribution in [-0.2, 0) is 12.5 Å². The normalized spacial score (nSPS) is 11.4. The molecule has 0 atom stereocenters. The van der Waals surface area contributed by atoms with Gasteiger partial charge in [-0.3, -0.25) is 0 Å². The zero-order valence-electron chi connectivity index (χ0n) is 28.2. The molecule has 0 spiro atoms. The fraction of sp³-hybridized carbons (Fsp3) is 0.300. The summed E-state index contributed by atoms with van der Waals surface area (Å²) in [6, 6.07) is 20.8. The zero-order valence-corrected chi connectivity index (χ0v) is 28.9. The predicted molar refractivity (Wildman–Crippen MR) is 189 cm³/mol. The summed E-state index contributed by atoms with van der Waals surface area (Å²) in [5.41, 5.74) is 7.59. The third-order valence-corrected chi connectivity index (χ3v) is 8.20. The van der Waals surface area contributed by atoms with Gasteiger partial charge in [0.1, 0.15) is 23.1 Å². The number of benzene rings is 4. The highest BCUT2D eigenvalue weighted by atomic mass is 35.5. The van der Waals surface area contributed by atoms with E-state index in [0.717, 1.165) is 44.5 Å². The van der Waals surface area contributed by atoms with Crippen molar-refractivity contribution in [2.24, 2.45) is 10.8 Å². The molecule has 0 amide bonds. The first-order valence-corrected chi connectivity index (χ1v) is 15.6. The van der Waals surface area contributed by atoms with E-state index in [9.17, 15) is 13.9 Å². The monoisotopic (exact) mass is 646 g/mol. The van der Waals surface area contributed by atoms with E-state index in [1.54, 1.807) is 44.6 Å². The number of halogens is 3. The summed E-state index contributed by atoms with van der Waals surface area (Å²) in [5, 5.41) is 9.42. The predicted octanol–water partition coefficient (Wildman–Crippen LogP) is 11.4. The van der Waals surface area contributed by atoms with Crippen molar-refractivity contribution in [3.8, 4) is 33.8 Å². The van der Waals surface area contributed by atoms with Crippen LogP contribution in [0.2, 0.25) is 0 Å². The zero-order chi connectivity index (χ0) is 34.4. The minimum Gasteiger partial charge on any atom is -0.497 e. The number of allylic oxidation sites excluding steroid dienone is 2. The van der Waals surface area contributed by atoms with Gasteiger partial charge in [0.25, 0.3) is 0 Å². The minimum atomic E-state index is -0.314. The summed E-state index contributed by atoms with van der Waals surface area (Å²) in [5.74, 6) is 1.03. The Hall–Kier alpha value is -3.93. The van der Waals surface area contributed by atoms with Crippen LogP contribution in [0.25, 0.3) is 33.4 Å². The second kappa shape index (κ2) is 15.1. The Kier molecular flexibility index (Phi) is 12.0. The summed E-state index contributed by atoms with van der Waals surface area (Å²) >= 11 is 5.97. The molecule has 46 heavy (non-hydrogen) atoms. The van der Waals surface area contributed by atoms with Crippen molar-refractivity contribution >= 4 is 22.7 Å². The van der Waals surface area contributed by atoms with Gasteiger partial charge in [-0.15, -0.1) is 11.6 Å². The Balaban J connectivity index is 0.000000250. The topological polar surface area (TPSA) is 38.7 Å². The molecule has 4 aromatic carbocycles. The molecule has 0 radical (unpaired) electrons. The van der Waals surface area contributed by atoms with Crippen LogP contribution in [0.3, 0.4) is 0 Å². The number of hydrogen-bond acceptors (Lipinski definition) is 3. The van der Waals surface area contributed by atoms with Crippen molar-refractivity contribution in [1.82, 2.24) is 0 Å². The molecule has 6 heteroatoms. The molecule has 4 rings (SSSR count). The van der Waals surface area contributed by atoms with Gasteiger partial charge in [-0.1, -0.05) is 79.0 Å². The highest BCUT2D eigenvalue weighted by Gasteiger charge is 2.23. The average Bonchev–Trinajstić information content (AvgIpc) is 3.03. The highest BCUT2D eigenvalue weighted by molar-refractivity contribution is 6.17. The minimum absolute atomic E-state index is 0.0642. The van der Waals surface area contributed by atoms with E-state index in [1.807, 2.05) is 30.3 Å². The molecule has 244 valence electrons. The van der Waals surface area contributed by atoms with Crippen LogP contribution in [0.5, 0.6) is 11.5 Å². The first-order valence-electron chi connectivity index (χ1n) is 15.1. The summed E-state index contributed by atoms with van der Waals surface area (Å²) in [7, 11) is 3.13. The maximum atomic E-state index is 14.4. The second-order valence-corrected chi connectivity index (χ2v) is 13.5. The largest absolute Gasteiger partial charge is 0.497 e. The highest BCUT2D eigenvalue weighted by Crippen LogP contribution is 2.41. The van der Waals surface area contributed by atoms with E-state index in [2.05, 4.69) is 54.7 Å². The maximum Gasteiger partial charge on any atom is 0.131 e. The lowest BCUT2D eigenvalue weighted by Gasteiger charge is -2.25. The first kappa shape index (κ1) is 36.5. The molecule has 0 bridgehead atoms. The molecule has 0 aliphatic rings. The van der Waals surface area contributed by atoms with Crippen LogP contribution in [0, 0.1) is 22.5 Å². The number of aliphatic hydroxyl groups is 1. The summed E-state index contributed by atoms with van der Waals surface area (Å²) in [6.45, 7) is 20.8. The van der Waals surface area contributed by atoms with Crippen molar-refractivity contribution in [2.45, 2.75) is 54.0 Å². The quantitative estimate of drug-likeness (QED) is 0.194. The van der Waals surface area contributed by atoms with E-state index in [4.69, 9.17) is 21.1 Å². The number of ether oxygens (including phenoxy) is 2. The number of rotatable bonds is 8. The van der Waals surface area contributed by atoms with Crippen molar-refractivity contribution in [3.63, 3.8) is 0 Å². The smallest absolute Gasteiger partial charge is 0.131 e. The molecule has 0 aromatic heterocycles. The fourth-order valence-electron chi connectivity index (χ4n) is 4.82. The Bertz CT molecular complexity index is 1580. The molecule has 3 nitrogen and oxygen atoms in total. The molecule has 0 saturated carbocycles. The van der Waals surface area contributed by atoms with Crippen LogP contribution >= 0.6 is 11.6 Å². The van der Waals surface area contributed by atoms with Crippen molar-refractivity contribution in [2.75, 3.05) is 14.2 Å². The van der Waals surface area contributed by atoms with Crippen LogP contribution < -0.4 is 9.47 Å². The lowest BCUT2D eigenvalue weighted by molar-refractivity contribution is 0.282. The lowest BCUT2D eigenvalue weighted by atomic mass is 9.80. The maximum absolute atomic E-state index is 14.4. The molecule has 1 N–H and O–H groups in total. The summed E-state index contributed by atoms with van der Waals surface area (Å²) in [4.78, 5) is 0. The van der Waals surface area contributed by atoms with E-state index < -0.39 is 0 Å². The van der Waals surface area contributed by atoms with E-state index in [1.165, 1.54) is 12.1 Å². The molecule has 0 aliphatic carbocycles. The first-order chi connectivity index (χ1) is 21.5. The number of methoxy groups -OCH3 is 2. The van der Waals surface area contributed by atoms with Crippen LogP contribution in [-0.4, -0.2) is 19.3 Å². The average molecular weight is 647 g/mol. The number of alkyl halides is 1. The lowest BCUT2D eigenvalue weighted by Crippen LogP contribution is -2.09. The van der Waals surface area contributed by atoms with Crippen molar-refractivity contribution in [3.05, 3.63) is 120 Å². The van der Waals surface area contributed by atoms with Gasteiger partial charge in [0, 0.05) is 17.0 Å². The van der Waals surface area contributed by atoms with Gasteiger partial charge in [0.2, 0.25) is 0 Å². The molecular weight excluding hydrogens is 602 g/mol. The van der Waals surface area contributed by atoms with E-state index in [0.29, 0.717) is 28.5 Å². The molecular formula is C40H45ClF2O3. The van der Waals surface area contributed by atoms with Gasteiger partial charge in [0.15, 0.2) is 0 Å². The van der Waals surface area contributed by atoms with Crippen LogP contribution in [0.15, 0.2) is 86.0 Å². The molecule has 0 saturated heterocycles. The Morgan fingerprint density at radius 1 is 0.630 bits per heavy atom. The standard InChI is InChI=1S/C20H22ClFO.C20H23FO2/c1-13(20(2,3)4)17-10-14(12-21)6-8-16(17)18-11-15(23-5)7-9-19(18)22;1-13(20(2,3)4)17-10-14(12-22)6-8-16(17)18-11-15(23-5)7-9-19(18)21/h6-11H,1,12H2,2-5H3;6-11,22H,1,12H2,2-5H3. The molecule has 0 fully saturated rings. The van der Waals surface area contributed by atoms with Crippen molar-refractivity contribution < 1.29 is 23.4 Å². The summed E-state index contributed by atoms with van der Waals surface area (Å²) in [6.07, 6.45) is 0. The van der Waals surface area contributed by atoms with E-state index in [-0.39, 0.29) is 29.1 Å². The molecule has 4 aromatic rings. The van der Waals surface area contributed by atoms with Crippen molar-refractivity contribution in [1.29, 1.82) is 0 Å². The third kappa shape index (κ3) is 8.65. The van der Waals surface area contributed by atoms with Gasteiger partial charge >= 0.3 is 0 Å². The third-order valence-electron chi connectivity index (χ3n) is 7.89. The van der Waals surface area contributed by atoms with Crippen LogP contribution in [0.1, 0.15) is 63.8 Å². The van der Waals surface area contributed by atoms with Gasteiger partial charge < -0.3 is 14.6 Å². The Morgan fingerprint density at radius 3 is 1.37 bits per heavy atom. The molecule has 0 heterocycles. The number of aliphatic hydroxyl groups excluding tert-OH is 1.